The molecule has 1 aromatic heterocycles. The third kappa shape index (κ3) is 4.67. The molecule has 0 bridgehead atoms. The lowest BCUT2D eigenvalue weighted by Crippen LogP contribution is -2.34. The monoisotopic (exact) mass is 265 g/mol. The molecule has 1 heterocycles. The van der Waals surface area contributed by atoms with Crippen molar-refractivity contribution in [1.29, 1.82) is 5.41 Å². The Kier molecular flexibility index (Phi) is 6.02. The van der Waals surface area contributed by atoms with Crippen LogP contribution in [-0.2, 0) is 19.5 Å². The number of nitrogens with zero attached hydrogens (tertiary/aromatic N) is 3. The van der Waals surface area contributed by atoms with Gasteiger partial charge < -0.3 is 5.73 Å². The average Bonchev–Trinajstić information content (AvgIpc) is 2.76. The fourth-order valence-corrected chi connectivity index (χ4v) is 2.08. The minimum Gasteiger partial charge on any atom is -0.388 e. The van der Waals surface area contributed by atoms with Gasteiger partial charge in [0.15, 0.2) is 0 Å². The molecule has 3 N–H and O–H groups in total. The van der Waals surface area contributed by atoms with Crippen LogP contribution in [0.15, 0.2) is 6.07 Å². The van der Waals surface area contributed by atoms with E-state index in [-0.39, 0.29) is 5.84 Å². The van der Waals surface area contributed by atoms with Gasteiger partial charge in [0.25, 0.3) is 0 Å². The molecule has 1 rings (SSSR count). The van der Waals surface area contributed by atoms with Crippen molar-refractivity contribution >= 4 is 5.84 Å². The number of aromatic nitrogens is 2. The Morgan fingerprint density at radius 1 is 1.47 bits per heavy atom. The lowest BCUT2D eigenvalue weighted by Gasteiger charge is -2.26. The summed E-state index contributed by atoms with van der Waals surface area (Å²) in [6.07, 6.45) is 1.59. The number of nitrogens with one attached hydrogen (secondary N) is 1. The van der Waals surface area contributed by atoms with Crippen molar-refractivity contribution in [2.45, 2.75) is 59.7 Å². The zero-order valence-electron chi connectivity index (χ0n) is 12.6. The standard InChI is InChI=1S/C14H27N5/c1-5-12-9-13(19(6-2)17-12)10-18(11(3)4)8-7-14(15)16/h9,11H,5-8,10H2,1-4H3,(H3,15,16). The maximum absolute atomic E-state index is 7.35. The van der Waals surface area contributed by atoms with Gasteiger partial charge in [0.05, 0.1) is 17.2 Å². The summed E-state index contributed by atoms with van der Waals surface area (Å²) >= 11 is 0. The molecule has 0 aliphatic carbocycles. The zero-order valence-corrected chi connectivity index (χ0v) is 12.6. The van der Waals surface area contributed by atoms with Crippen LogP contribution in [0.1, 0.15) is 45.5 Å². The smallest absolute Gasteiger partial charge is 0.0918 e. The Morgan fingerprint density at radius 2 is 2.16 bits per heavy atom. The second kappa shape index (κ2) is 7.28. The summed E-state index contributed by atoms with van der Waals surface area (Å²) in [7, 11) is 0. The van der Waals surface area contributed by atoms with E-state index in [9.17, 15) is 0 Å². The van der Waals surface area contributed by atoms with Gasteiger partial charge in [0, 0.05) is 32.1 Å². The maximum atomic E-state index is 7.35. The molecule has 5 nitrogen and oxygen atoms in total. The Labute approximate surface area is 116 Å². The van der Waals surface area contributed by atoms with E-state index in [0.717, 1.165) is 31.7 Å². The van der Waals surface area contributed by atoms with E-state index >= 15 is 0 Å². The van der Waals surface area contributed by atoms with Crippen molar-refractivity contribution in [3.8, 4) is 0 Å². The van der Waals surface area contributed by atoms with Crippen molar-refractivity contribution in [2.75, 3.05) is 6.54 Å². The first kappa shape index (κ1) is 15.7. The number of nitrogens with two attached hydrogens (primary N) is 1. The summed E-state index contributed by atoms with van der Waals surface area (Å²) in [6, 6.07) is 2.62. The third-order valence-electron chi connectivity index (χ3n) is 3.34. The van der Waals surface area contributed by atoms with Gasteiger partial charge >= 0.3 is 0 Å². The van der Waals surface area contributed by atoms with Crippen LogP contribution in [0.2, 0.25) is 0 Å². The van der Waals surface area contributed by atoms with E-state index < -0.39 is 0 Å². The quantitative estimate of drug-likeness (QED) is 0.558. The molecular weight excluding hydrogens is 238 g/mol. The molecule has 0 unspecified atom stereocenters. The van der Waals surface area contributed by atoms with Crippen LogP contribution in [0, 0.1) is 5.41 Å². The van der Waals surface area contributed by atoms with E-state index in [1.54, 1.807) is 0 Å². The first-order valence-corrected chi connectivity index (χ1v) is 7.10. The summed E-state index contributed by atoms with van der Waals surface area (Å²) in [4.78, 5) is 2.34. The molecule has 108 valence electrons. The molecule has 19 heavy (non-hydrogen) atoms. The van der Waals surface area contributed by atoms with Crippen LogP contribution in [0.4, 0.5) is 0 Å². The number of amidine groups is 1. The van der Waals surface area contributed by atoms with E-state index in [1.807, 2.05) is 0 Å². The molecule has 0 saturated carbocycles. The van der Waals surface area contributed by atoms with Gasteiger partial charge in [-0.05, 0) is 33.3 Å². The first-order chi connectivity index (χ1) is 8.97. The molecule has 0 aliphatic heterocycles. The first-order valence-electron chi connectivity index (χ1n) is 7.10. The van der Waals surface area contributed by atoms with Crippen molar-refractivity contribution in [1.82, 2.24) is 14.7 Å². The van der Waals surface area contributed by atoms with Gasteiger partial charge in [-0.25, -0.2) is 0 Å². The lowest BCUT2D eigenvalue weighted by molar-refractivity contribution is 0.212. The number of aryl methyl sites for hydroxylation is 2. The predicted octanol–water partition coefficient (Wildman–Crippen LogP) is 2.00. The second-order valence-corrected chi connectivity index (χ2v) is 5.14. The summed E-state index contributed by atoms with van der Waals surface area (Å²) in [5.74, 6) is 0.254. The van der Waals surface area contributed by atoms with Crippen LogP contribution < -0.4 is 5.73 Å². The average molecular weight is 265 g/mol. The molecule has 0 aliphatic rings. The third-order valence-corrected chi connectivity index (χ3v) is 3.34. The molecule has 0 fully saturated rings. The van der Waals surface area contributed by atoms with Crippen molar-refractivity contribution in [2.24, 2.45) is 5.73 Å². The molecule has 0 saturated heterocycles. The lowest BCUT2D eigenvalue weighted by atomic mass is 10.2. The van der Waals surface area contributed by atoms with Crippen LogP contribution in [0.3, 0.4) is 0 Å². The fourth-order valence-electron chi connectivity index (χ4n) is 2.08. The van der Waals surface area contributed by atoms with Crippen LogP contribution in [0.5, 0.6) is 0 Å². The molecule has 1 aromatic rings. The Balaban J connectivity index is 2.77. The number of hydrogen-bond donors (Lipinski definition) is 2. The summed E-state index contributed by atoms with van der Waals surface area (Å²) < 4.78 is 2.07. The van der Waals surface area contributed by atoms with E-state index in [0.29, 0.717) is 12.5 Å². The topological polar surface area (TPSA) is 70.9 Å². The Bertz CT molecular complexity index is 408. The van der Waals surface area contributed by atoms with Crippen LogP contribution in [0.25, 0.3) is 0 Å². The minimum absolute atomic E-state index is 0.254. The van der Waals surface area contributed by atoms with Gasteiger partial charge in [-0.2, -0.15) is 5.10 Å². The van der Waals surface area contributed by atoms with Gasteiger partial charge in [-0.3, -0.25) is 15.0 Å². The predicted molar refractivity (Wildman–Crippen MR) is 79.4 cm³/mol. The molecule has 5 heteroatoms. The summed E-state index contributed by atoms with van der Waals surface area (Å²) in [5, 5.41) is 11.9. The zero-order chi connectivity index (χ0) is 14.4. The highest BCUT2D eigenvalue weighted by molar-refractivity contribution is 5.76. The maximum Gasteiger partial charge on any atom is 0.0918 e. The number of hydrogen-bond acceptors (Lipinski definition) is 3. The van der Waals surface area contributed by atoms with Gasteiger partial charge in [-0.1, -0.05) is 6.92 Å². The minimum atomic E-state index is 0.254. The molecule has 0 amide bonds. The van der Waals surface area contributed by atoms with E-state index in [4.69, 9.17) is 11.1 Å². The van der Waals surface area contributed by atoms with Crippen molar-refractivity contribution < 1.29 is 0 Å². The molecule has 0 spiro atoms. The van der Waals surface area contributed by atoms with E-state index in [2.05, 4.69) is 48.4 Å². The van der Waals surface area contributed by atoms with Gasteiger partial charge in [0.2, 0.25) is 0 Å². The number of rotatable bonds is 8. The molecule has 0 atom stereocenters. The Morgan fingerprint density at radius 3 is 2.63 bits per heavy atom. The van der Waals surface area contributed by atoms with Gasteiger partial charge in [0.1, 0.15) is 0 Å². The largest absolute Gasteiger partial charge is 0.388 e. The van der Waals surface area contributed by atoms with Crippen molar-refractivity contribution in [3.05, 3.63) is 17.5 Å². The highest BCUT2D eigenvalue weighted by atomic mass is 15.3. The normalized spacial score (nSPS) is 11.5. The van der Waals surface area contributed by atoms with E-state index in [1.165, 1.54) is 5.69 Å². The highest BCUT2D eigenvalue weighted by Gasteiger charge is 2.14. The Hall–Kier alpha value is -1.36. The summed E-state index contributed by atoms with van der Waals surface area (Å²) in [6.45, 7) is 11.2. The van der Waals surface area contributed by atoms with Crippen LogP contribution >= 0.6 is 0 Å². The van der Waals surface area contributed by atoms with Crippen molar-refractivity contribution in [3.63, 3.8) is 0 Å². The SMILES string of the molecule is CCc1cc(CN(CCC(=N)N)C(C)C)n(CC)n1. The fraction of sp³-hybridized carbons (Fsp3) is 0.714. The van der Waals surface area contributed by atoms with Crippen LogP contribution in [-0.4, -0.2) is 33.1 Å². The molecule has 0 radical (unpaired) electrons. The van der Waals surface area contributed by atoms with Gasteiger partial charge in [-0.15, -0.1) is 0 Å². The molecule has 0 aromatic carbocycles. The molecular formula is C14H27N5. The summed E-state index contributed by atoms with van der Waals surface area (Å²) in [5.41, 5.74) is 7.85. The highest BCUT2D eigenvalue weighted by Crippen LogP contribution is 2.12. The second-order valence-electron chi connectivity index (χ2n) is 5.14.